The number of nitrogens with one attached hydrogen (secondary N) is 1. The highest BCUT2D eigenvalue weighted by atomic mass is 35.5. The number of halogens is 2. The monoisotopic (exact) mass is 564 g/mol. The highest BCUT2D eigenvalue weighted by Gasteiger charge is 2.33. The van der Waals surface area contributed by atoms with Crippen molar-refractivity contribution >= 4 is 56.3 Å². The molecule has 2 fully saturated rings. The molecule has 1 N–H and O–H groups in total. The van der Waals surface area contributed by atoms with Crippen LogP contribution in [0.1, 0.15) is 61.1 Å². The fourth-order valence-corrected chi connectivity index (χ4v) is 6.28. The molecule has 2 aromatic heterocycles. The molecule has 0 aliphatic carbocycles. The summed E-state index contributed by atoms with van der Waals surface area (Å²) in [4.78, 5) is 22.4. The predicted octanol–water partition coefficient (Wildman–Crippen LogP) is 5.01. The summed E-state index contributed by atoms with van der Waals surface area (Å²) < 4.78 is 28.1. The summed E-state index contributed by atoms with van der Waals surface area (Å²) in [5, 5.41) is 5.68. The molecule has 0 saturated carbocycles. The van der Waals surface area contributed by atoms with E-state index < -0.39 is 10.0 Å². The van der Waals surface area contributed by atoms with Gasteiger partial charge in [-0.25, -0.2) is 13.4 Å². The van der Waals surface area contributed by atoms with Crippen LogP contribution in [0.25, 0.3) is 5.65 Å². The minimum Gasteiger partial charge on any atom is -0.356 e. The Balaban J connectivity index is 1.52. The van der Waals surface area contributed by atoms with Crippen molar-refractivity contribution in [3.63, 3.8) is 0 Å². The Hall–Kier alpha value is -2.56. The summed E-state index contributed by atoms with van der Waals surface area (Å²) in [6, 6.07) is 8.02. The average Bonchev–Trinajstić information content (AvgIpc) is 3.27. The summed E-state index contributed by atoms with van der Waals surface area (Å²) in [6.07, 6.45) is 5.86. The molecule has 5 rings (SSSR count). The number of hydrogen-bond acceptors (Lipinski definition) is 6. The summed E-state index contributed by atoms with van der Waals surface area (Å²) in [5.41, 5.74) is 1.77. The number of anilines is 2. The molecule has 0 radical (unpaired) electrons. The van der Waals surface area contributed by atoms with Crippen LogP contribution in [0.15, 0.2) is 30.3 Å². The molecular weight excluding hydrogens is 535 g/mol. The summed E-state index contributed by atoms with van der Waals surface area (Å²) in [5.74, 6) is 1.17. The van der Waals surface area contributed by atoms with Crippen molar-refractivity contribution in [1.29, 1.82) is 0 Å². The number of amides is 1. The van der Waals surface area contributed by atoms with Crippen LogP contribution >= 0.6 is 23.2 Å². The van der Waals surface area contributed by atoms with E-state index >= 15 is 0 Å². The number of benzene rings is 1. The number of rotatable bonds is 5. The summed E-state index contributed by atoms with van der Waals surface area (Å²) in [7, 11) is -3.59. The quantitative estimate of drug-likeness (QED) is 0.437. The second-order valence-electron chi connectivity index (χ2n) is 10.0. The number of fused-ring (bicyclic) bond motifs is 1. The third kappa shape index (κ3) is 5.66. The van der Waals surface area contributed by atoms with Crippen molar-refractivity contribution in [1.82, 2.24) is 19.5 Å². The standard InChI is InChI=1S/C25H30Cl2N6O3S/c1-16-6-5-10-31(15-16)24-14-22(27)28-23-13-20(29-33(23)24)21-7-3-4-11-32(21)25(34)18-12-17(26)8-9-19(18)30-37(2,35)36/h8-9,12-14,16,21,30H,3-7,10-11,15H2,1-2H3/t16-,21-/m0/s1. The molecule has 0 spiro atoms. The van der Waals surface area contributed by atoms with Crippen LogP contribution < -0.4 is 9.62 Å². The molecular formula is C25H30Cl2N6O3S. The van der Waals surface area contributed by atoms with Crippen LogP contribution in [-0.2, 0) is 10.0 Å². The highest BCUT2D eigenvalue weighted by molar-refractivity contribution is 7.92. The van der Waals surface area contributed by atoms with E-state index in [1.54, 1.807) is 11.0 Å². The lowest BCUT2D eigenvalue weighted by atomic mass is 9.98. The van der Waals surface area contributed by atoms with E-state index in [4.69, 9.17) is 28.3 Å². The topological polar surface area (TPSA) is 99.9 Å². The second-order valence-corrected chi connectivity index (χ2v) is 12.6. The van der Waals surface area contributed by atoms with Crippen molar-refractivity contribution < 1.29 is 13.2 Å². The fraction of sp³-hybridized carbons (Fsp3) is 0.480. The number of likely N-dealkylation sites (tertiary alicyclic amines) is 1. The van der Waals surface area contributed by atoms with Gasteiger partial charge in [-0.2, -0.15) is 9.61 Å². The minimum absolute atomic E-state index is 0.200. The van der Waals surface area contributed by atoms with E-state index in [1.165, 1.54) is 18.6 Å². The highest BCUT2D eigenvalue weighted by Crippen LogP contribution is 2.35. The van der Waals surface area contributed by atoms with Gasteiger partial charge in [-0.15, -0.1) is 0 Å². The number of carbonyl (C=O) groups excluding carboxylic acids is 1. The summed E-state index contributed by atoms with van der Waals surface area (Å²) in [6.45, 7) is 4.61. The Morgan fingerprint density at radius 3 is 2.65 bits per heavy atom. The van der Waals surface area contributed by atoms with Crippen LogP contribution in [-0.4, -0.2) is 59.7 Å². The zero-order chi connectivity index (χ0) is 26.3. The molecule has 0 bridgehead atoms. The van der Waals surface area contributed by atoms with Crippen molar-refractivity contribution in [2.75, 3.05) is 35.5 Å². The largest absolute Gasteiger partial charge is 0.356 e. The van der Waals surface area contributed by atoms with Gasteiger partial charge in [0.2, 0.25) is 10.0 Å². The van der Waals surface area contributed by atoms with Crippen molar-refractivity contribution in [2.24, 2.45) is 5.92 Å². The molecule has 2 saturated heterocycles. The second kappa shape index (κ2) is 10.3. The number of carbonyl (C=O) groups is 1. The molecule has 3 aromatic rings. The molecule has 198 valence electrons. The maximum atomic E-state index is 13.8. The van der Waals surface area contributed by atoms with Gasteiger partial charge < -0.3 is 9.80 Å². The van der Waals surface area contributed by atoms with Gasteiger partial charge in [-0.05, 0) is 56.2 Å². The maximum Gasteiger partial charge on any atom is 0.256 e. The van der Waals surface area contributed by atoms with E-state index in [0.717, 1.165) is 56.5 Å². The normalized spacial score (nSPS) is 20.9. The molecule has 1 aromatic carbocycles. The lowest BCUT2D eigenvalue weighted by molar-refractivity contribution is 0.0607. The number of aromatic nitrogens is 3. The lowest BCUT2D eigenvalue weighted by Crippen LogP contribution is -2.39. The smallest absolute Gasteiger partial charge is 0.256 e. The third-order valence-electron chi connectivity index (χ3n) is 6.99. The zero-order valence-electron chi connectivity index (χ0n) is 20.8. The maximum absolute atomic E-state index is 13.8. The van der Waals surface area contributed by atoms with Crippen molar-refractivity contribution in [2.45, 2.75) is 45.1 Å². The number of sulfonamides is 1. The van der Waals surface area contributed by atoms with Gasteiger partial charge in [0.25, 0.3) is 5.91 Å². The zero-order valence-corrected chi connectivity index (χ0v) is 23.2. The van der Waals surface area contributed by atoms with Gasteiger partial charge in [-0.1, -0.05) is 30.1 Å². The molecule has 37 heavy (non-hydrogen) atoms. The van der Waals surface area contributed by atoms with Gasteiger partial charge in [0.1, 0.15) is 11.0 Å². The Morgan fingerprint density at radius 1 is 1.08 bits per heavy atom. The van der Waals surface area contributed by atoms with Crippen LogP contribution in [0.4, 0.5) is 11.5 Å². The van der Waals surface area contributed by atoms with E-state index in [0.29, 0.717) is 28.3 Å². The van der Waals surface area contributed by atoms with Crippen LogP contribution in [0, 0.1) is 5.92 Å². The average molecular weight is 566 g/mol. The number of hydrogen-bond donors (Lipinski definition) is 1. The molecule has 2 aliphatic rings. The first-order chi connectivity index (χ1) is 17.6. The van der Waals surface area contributed by atoms with Crippen LogP contribution in [0.2, 0.25) is 10.2 Å². The third-order valence-corrected chi connectivity index (χ3v) is 8.01. The van der Waals surface area contributed by atoms with Gasteiger partial charge in [0.05, 0.1) is 29.2 Å². The van der Waals surface area contributed by atoms with Gasteiger partial charge in [0, 0.05) is 36.8 Å². The van der Waals surface area contributed by atoms with Gasteiger partial charge >= 0.3 is 0 Å². The minimum atomic E-state index is -3.59. The van der Waals surface area contributed by atoms with E-state index in [-0.39, 0.29) is 23.2 Å². The van der Waals surface area contributed by atoms with Gasteiger partial charge in [0.15, 0.2) is 5.65 Å². The molecule has 0 unspecified atom stereocenters. The Kier molecular flexibility index (Phi) is 7.26. The number of nitrogens with zero attached hydrogens (tertiary/aromatic N) is 5. The van der Waals surface area contributed by atoms with E-state index in [9.17, 15) is 13.2 Å². The first kappa shape index (κ1) is 26.1. The predicted molar refractivity (Wildman–Crippen MR) is 146 cm³/mol. The number of piperidine rings is 2. The molecule has 9 nitrogen and oxygen atoms in total. The first-order valence-electron chi connectivity index (χ1n) is 12.5. The Labute approximate surface area is 226 Å². The molecule has 2 aliphatic heterocycles. The first-order valence-corrected chi connectivity index (χ1v) is 15.1. The Morgan fingerprint density at radius 2 is 1.89 bits per heavy atom. The Bertz CT molecular complexity index is 1440. The van der Waals surface area contributed by atoms with Crippen molar-refractivity contribution in [3.05, 3.63) is 51.8 Å². The van der Waals surface area contributed by atoms with E-state index in [1.807, 2.05) is 16.6 Å². The van der Waals surface area contributed by atoms with Gasteiger partial charge in [-0.3, -0.25) is 9.52 Å². The van der Waals surface area contributed by atoms with Crippen LogP contribution in [0.3, 0.4) is 0 Å². The molecule has 12 heteroatoms. The fourth-order valence-electron chi connectivity index (χ4n) is 5.35. The van der Waals surface area contributed by atoms with Crippen LogP contribution in [0.5, 0.6) is 0 Å². The SMILES string of the molecule is C[C@H]1CCCN(c2cc(Cl)nc3cc([C@@H]4CCCCN4C(=O)c4cc(Cl)ccc4NS(C)(=O)=O)nn23)C1. The molecule has 4 heterocycles. The van der Waals surface area contributed by atoms with Crippen molar-refractivity contribution in [3.8, 4) is 0 Å². The molecule has 1 amide bonds. The van der Waals surface area contributed by atoms with E-state index in [2.05, 4.69) is 21.5 Å². The lowest BCUT2D eigenvalue weighted by Gasteiger charge is -2.35. The molecule has 2 atom stereocenters. The summed E-state index contributed by atoms with van der Waals surface area (Å²) >= 11 is 12.6.